The SMILES string of the molecule is C=CC(=O)N1CCC[C@@]1(C)C#Cc1cnccc1-c1[nH]c2c(c1Nc1cccc(Cl)c1OC)C(=O)NCC2. The van der Waals surface area contributed by atoms with E-state index in [2.05, 4.69) is 39.0 Å². The third-order valence-electron chi connectivity index (χ3n) is 7.03. The number of rotatable bonds is 5. The molecule has 0 radical (unpaired) electrons. The van der Waals surface area contributed by atoms with Gasteiger partial charge in [-0.25, -0.2) is 0 Å². The minimum absolute atomic E-state index is 0.129. The molecule has 0 bridgehead atoms. The van der Waals surface area contributed by atoms with Gasteiger partial charge in [0.2, 0.25) is 5.91 Å². The number of nitrogens with zero attached hydrogens (tertiary/aromatic N) is 2. The molecule has 3 aromatic rings. The largest absolute Gasteiger partial charge is 0.493 e. The molecule has 2 amide bonds. The Labute approximate surface area is 226 Å². The Morgan fingerprint density at radius 1 is 1.37 bits per heavy atom. The van der Waals surface area contributed by atoms with Gasteiger partial charge in [-0.05, 0) is 44.0 Å². The van der Waals surface area contributed by atoms with Crippen LogP contribution in [0.25, 0.3) is 11.3 Å². The number of halogens is 1. The van der Waals surface area contributed by atoms with Crippen molar-refractivity contribution in [3.63, 3.8) is 0 Å². The van der Waals surface area contributed by atoms with Gasteiger partial charge >= 0.3 is 0 Å². The Morgan fingerprint density at radius 3 is 3.00 bits per heavy atom. The standard InChI is InChI=1S/C29H28ClN5O3/c1-4-23(36)35-16-6-12-29(35,2)13-9-18-17-31-14-10-19(18)25-26(24-21(33-25)11-15-32-28(24)37)34-22-8-5-7-20(30)27(22)38-3/h4-5,7-8,10,14,17,33-34H,1,6,11-12,15-16H2,2-3H3,(H,32,37)/t29-/m0/s1. The molecule has 0 spiro atoms. The van der Waals surface area contributed by atoms with Crippen molar-refractivity contribution in [1.82, 2.24) is 20.2 Å². The van der Waals surface area contributed by atoms with Crippen LogP contribution in [0.15, 0.2) is 49.3 Å². The fraction of sp³-hybridized carbons (Fsp3) is 0.276. The van der Waals surface area contributed by atoms with Gasteiger partial charge in [0.05, 0.1) is 40.3 Å². The van der Waals surface area contributed by atoms with Gasteiger partial charge in [-0.2, -0.15) is 0 Å². The minimum Gasteiger partial charge on any atom is -0.493 e. The number of ether oxygens (including phenoxy) is 1. The summed E-state index contributed by atoms with van der Waals surface area (Å²) in [6.07, 6.45) is 7.02. The molecule has 1 saturated heterocycles. The van der Waals surface area contributed by atoms with E-state index < -0.39 is 5.54 Å². The van der Waals surface area contributed by atoms with E-state index in [0.29, 0.717) is 58.5 Å². The average Bonchev–Trinajstić information content (AvgIpc) is 3.49. The number of aromatic nitrogens is 2. The number of anilines is 2. The number of benzene rings is 1. The molecule has 1 aromatic carbocycles. The first-order chi connectivity index (χ1) is 18.4. The average molecular weight is 530 g/mol. The zero-order valence-corrected chi connectivity index (χ0v) is 22.0. The second-order valence-electron chi connectivity index (χ2n) is 9.42. The number of carbonyl (C=O) groups excluding carboxylic acids is 2. The van der Waals surface area contributed by atoms with Crippen molar-refractivity contribution in [3.05, 3.63) is 71.2 Å². The van der Waals surface area contributed by atoms with Gasteiger partial charge in [-0.15, -0.1) is 0 Å². The van der Waals surface area contributed by atoms with Crippen LogP contribution in [0.1, 0.15) is 41.4 Å². The molecule has 0 saturated carbocycles. The van der Waals surface area contributed by atoms with Gasteiger partial charge < -0.3 is 25.3 Å². The first kappa shape index (κ1) is 25.4. The molecule has 1 atom stereocenters. The van der Waals surface area contributed by atoms with Crippen LogP contribution in [0.4, 0.5) is 11.4 Å². The molecule has 2 aliphatic rings. The van der Waals surface area contributed by atoms with Crippen LogP contribution in [-0.4, -0.2) is 52.4 Å². The third-order valence-corrected chi connectivity index (χ3v) is 7.33. The molecule has 0 unspecified atom stereocenters. The first-order valence-electron chi connectivity index (χ1n) is 12.4. The number of carbonyl (C=O) groups is 2. The lowest BCUT2D eigenvalue weighted by Gasteiger charge is -2.29. The van der Waals surface area contributed by atoms with E-state index in [0.717, 1.165) is 24.1 Å². The molecule has 2 aliphatic heterocycles. The second kappa shape index (κ2) is 10.3. The number of likely N-dealkylation sites (tertiary alicyclic amines) is 1. The number of aromatic amines is 1. The maximum absolute atomic E-state index is 13.0. The van der Waals surface area contributed by atoms with E-state index in [1.807, 2.05) is 25.1 Å². The van der Waals surface area contributed by atoms with Crippen LogP contribution >= 0.6 is 11.6 Å². The topological polar surface area (TPSA) is 99.3 Å². The number of methoxy groups -OCH3 is 1. The highest BCUT2D eigenvalue weighted by Gasteiger charge is 2.37. The number of hydrogen-bond acceptors (Lipinski definition) is 5. The molecular formula is C29H28ClN5O3. The van der Waals surface area contributed by atoms with Crippen molar-refractivity contribution in [3.8, 4) is 28.8 Å². The van der Waals surface area contributed by atoms with Crippen LogP contribution < -0.4 is 15.4 Å². The van der Waals surface area contributed by atoms with Crippen LogP contribution in [0.3, 0.4) is 0 Å². The third kappa shape index (κ3) is 4.50. The summed E-state index contributed by atoms with van der Waals surface area (Å²) in [5.41, 5.74) is 4.14. The summed E-state index contributed by atoms with van der Waals surface area (Å²) < 4.78 is 5.53. The lowest BCUT2D eigenvalue weighted by atomic mass is 9.97. The normalized spacial score (nSPS) is 18.2. The van der Waals surface area contributed by atoms with Crippen molar-refractivity contribution in [2.75, 3.05) is 25.5 Å². The fourth-order valence-electron chi connectivity index (χ4n) is 5.13. The Bertz CT molecular complexity index is 1500. The Kier molecular flexibility index (Phi) is 6.87. The van der Waals surface area contributed by atoms with Crippen molar-refractivity contribution < 1.29 is 14.3 Å². The first-order valence-corrected chi connectivity index (χ1v) is 12.8. The minimum atomic E-state index is -0.609. The van der Waals surface area contributed by atoms with E-state index >= 15 is 0 Å². The molecule has 2 aromatic heterocycles. The second-order valence-corrected chi connectivity index (χ2v) is 9.83. The van der Waals surface area contributed by atoms with Crippen molar-refractivity contribution in [2.45, 2.75) is 31.7 Å². The molecule has 1 fully saturated rings. The molecule has 8 nitrogen and oxygen atoms in total. The molecule has 38 heavy (non-hydrogen) atoms. The lowest BCUT2D eigenvalue weighted by molar-refractivity contribution is -0.127. The van der Waals surface area contributed by atoms with Gasteiger partial charge in [0.1, 0.15) is 5.54 Å². The quantitative estimate of drug-likeness (QED) is 0.329. The predicted molar refractivity (Wildman–Crippen MR) is 148 cm³/mol. The van der Waals surface area contributed by atoms with Gasteiger partial charge in [0.15, 0.2) is 5.75 Å². The number of para-hydroxylation sites is 1. The zero-order chi connectivity index (χ0) is 26.9. The van der Waals surface area contributed by atoms with Gasteiger partial charge in [0.25, 0.3) is 5.91 Å². The van der Waals surface area contributed by atoms with E-state index in [4.69, 9.17) is 16.3 Å². The monoisotopic (exact) mass is 529 g/mol. The van der Waals surface area contributed by atoms with Crippen LogP contribution in [0.5, 0.6) is 5.75 Å². The van der Waals surface area contributed by atoms with Gasteiger partial charge in [-0.3, -0.25) is 14.6 Å². The highest BCUT2D eigenvalue weighted by Crippen LogP contribution is 2.41. The maximum Gasteiger partial charge on any atom is 0.255 e. The number of fused-ring (bicyclic) bond motifs is 1. The van der Waals surface area contributed by atoms with Gasteiger partial charge in [-0.1, -0.05) is 36.1 Å². The number of hydrogen-bond donors (Lipinski definition) is 3. The molecule has 9 heteroatoms. The summed E-state index contributed by atoms with van der Waals surface area (Å²) in [6, 6.07) is 7.26. The highest BCUT2D eigenvalue weighted by atomic mass is 35.5. The Morgan fingerprint density at radius 2 is 2.21 bits per heavy atom. The lowest BCUT2D eigenvalue weighted by Crippen LogP contribution is -2.43. The maximum atomic E-state index is 13.0. The predicted octanol–water partition coefficient (Wildman–Crippen LogP) is 4.69. The molecule has 4 heterocycles. The van der Waals surface area contributed by atoms with E-state index in [1.54, 1.807) is 30.5 Å². The summed E-state index contributed by atoms with van der Waals surface area (Å²) in [4.78, 5) is 35.0. The Balaban J connectivity index is 1.63. The summed E-state index contributed by atoms with van der Waals surface area (Å²) in [5, 5.41) is 6.78. The van der Waals surface area contributed by atoms with E-state index in [1.165, 1.54) is 6.08 Å². The zero-order valence-electron chi connectivity index (χ0n) is 21.3. The number of amides is 2. The van der Waals surface area contributed by atoms with E-state index in [-0.39, 0.29) is 11.8 Å². The summed E-state index contributed by atoms with van der Waals surface area (Å²) in [6.45, 7) is 6.79. The smallest absolute Gasteiger partial charge is 0.255 e. The van der Waals surface area contributed by atoms with Crippen LogP contribution in [0.2, 0.25) is 5.02 Å². The molecule has 5 rings (SSSR count). The van der Waals surface area contributed by atoms with Crippen LogP contribution in [-0.2, 0) is 11.2 Å². The van der Waals surface area contributed by atoms with Crippen molar-refractivity contribution >= 4 is 34.8 Å². The Hall–Kier alpha value is -4.22. The number of nitrogens with one attached hydrogen (secondary N) is 3. The highest BCUT2D eigenvalue weighted by molar-refractivity contribution is 6.32. The fourth-order valence-corrected chi connectivity index (χ4v) is 5.38. The van der Waals surface area contributed by atoms with Crippen molar-refractivity contribution in [2.24, 2.45) is 0 Å². The molecule has 194 valence electrons. The summed E-state index contributed by atoms with van der Waals surface area (Å²) >= 11 is 6.37. The summed E-state index contributed by atoms with van der Waals surface area (Å²) in [7, 11) is 1.55. The number of H-pyrrole nitrogens is 1. The summed E-state index contributed by atoms with van der Waals surface area (Å²) in [5.74, 6) is 6.79. The number of pyridine rings is 1. The van der Waals surface area contributed by atoms with Crippen LogP contribution in [0, 0.1) is 11.8 Å². The molecule has 3 N–H and O–H groups in total. The van der Waals surface area contributed by atoms with Crippen molar-refractivity contribution in [1.29, 1.82) is 0 Å². The van der Waals surface area contributed by atoms with E-state index in [9.17, 15) is 9.59 Å². The molecular weight excluding hydrogens is 502 g/mol. The van der Waals surface area contributed by atoms with Gasteiger partial charge in [0, 0.05) is 43.2 Å². The molecule has 0 aliphatic carbocycles.